The standard InChI is InChI=1S/C19H28N4O2S2/c1-14-5-9-18(10-6-14)27(24,25)22-12-11-21-19(20-4)23-15(2)13-17-8-7-16(3)26-17/h5-10,15,22H,11-13H2,1-4H3,(H2,20,21,23). The van der Waals surface area contributed by atoms with Gasteiger partial charge in [0.25, 0.3) is 0 Å². The predicted octanol–water partition coefficient (Wildman–Crippen LogP) is 2.44. The molecule has 1 heterocycles. The Labute approximate surface area is 166 Å². The molecule has 0 saturated carbocycles. The Morgan fingerprint density at radius 1 is 1.11 bits per heavy atom. The zero-order valence-electron chi connectivity index (χ0n) is 16.2. The number of aliphatic imine (C=N–C) groups is 1. The van der Waals surface area contributed by atoms with Crippen molar-refractivity contribution in [3.8, 4) is 0 Å². The van der Waals surface area contributed by atoms with Gasteiger partial charge in [0.2, 0.25) is 10.0 Å². The van der Waals surface area contributed by atoms with Crippen molar-refractivity contribution in [2.45, 2.75) is 38.1 Å². The van der Waals surface area contributed by atoms with Crippen LogP contribution in [0.25, 0.3) is 0 Å². The van der Waals surface area contributed by atoms with Gasteiger partial charge in [0.1, 0.15) is 0 Å². The number of hydrogen-bond acceptors (Lipinski definition) is 4. The molecule has 0 bridgehead atoms. The van der Waals surface area contributed by atoms with Gasteiger partial charge in [-0.25, -0.2) is 13.1 Å². The van der Waals surface area contributed by atoms with E-state index in [1.54, 1.807) is 42.6 Å². The fourth-order valence-electron chi connectivity index (χ4n) is 2.54. The smallest absolute Gasteiger partial charge is 0.240 e. The van der Waals surface area contributed by atoms with Crippen LogP contribution in [0.2, 0.25) is 0 Å². The van der Waals surface area contributed by atoms with Gasteiger partial charge in [-0.3, -0.25) is 4.99 Å². The molecule has 1 atom stereocenters. The van der Waals surface area contributed by atoms with E-state index in [4.69, 9.17) is 0 Å². The van der Waals surface area contributed by atoms with E-state index in [0.29, 0.717) is 12.5 Å². The molecule has 0 amide bonds. The van der Waals surface area contributed by atoms with Crippen molar-refractivity contribution < 1.29 is 8.42 Å². The van der Waals surface area contributed by atoms with Crippen molar-refractivity contribution in [1.82, 2.24) is 15.4 Å². The zero-order valence-corrected chi connectivity index (χ0v) is 17.9. The second-order valence-electron chi connectivity index (χ2n) is 6.47. The molecule has 0 spiro atoms. The average molecular weight is 409 g/mol. The van der Waals surface area contributed by atoms with Crippen LogP contribution >= 0.6 is 11.3 Å². The molecule has 2 rings (SSSR count). The van der Waals surface area contributed by atoms with Crippen molar-refractivity contribution in [1.29, 1.82) is 0 Å². The summed E-state index contributed by atoms with van der Waals surface area (Å²) in [7, 11) is -1.79. The van der Waals surface area contributed by atoms with E-state index in [9.17, 15) is 8.42 Å². The molecule has 0 fully saturated rings. The van der Waals surface area contributed by atoms with Gasteiger partial charge in [-0.1, -0.05) is 17.7 Å². The molecular weight excluding hydrogens is 380 g/mol. The van der Waals surface area contributed by atoms with Crippen LogP contribution < -0.4 is 15.4 Å². The lowest BCUT2D eigenvalue weighted by atomic mass is 10.2. The third-order valence-electron chi connectivity index (χ3n) is 3.95. The molecule has 148 valence electrons. The summed E-state index contributed by atoms with van der Waals surface area (Å²) in [5.41, 5.74) is 1.03. The third kappa shape index (κ3) is 6.97. The number of benzene rings is 1. The second kappa shape index (κ2) is 9.87. The fourth-order valence-corrected chi connectivity index (χ4v) is 4.59. The largest absolute Gasteiger partial charge is 0.355 e. The van der Waals surface area contributed by atoms with Gasteiger partial charge in [0, 0.05) is 42.4 Å². The summed E-state index contributed by atoms with van der Waals surface area (Å²) < 4.78 is 27.1. The SMILES string of the molecule is CN=C(NCCNS(=O)(=O)c1ccc(C)cc1)NC(C)Cc1ccc(C)s1. The molecule has 1 unspecified atom stereocenters. The first-order valence-corrected chi connectivity index (χ1v) is 11.2. The first-order valence-electron chi connectivity index (χ1n) is 8.89. The normalized spacial score (nSPS) is 13.4. The average Bonchev–Trinajstić information content (AvgIpc) is 3.02. The van der Waals surface area contributed by atoms with E-state index < -0.39 is 10.0 Å². The number of rotatable bonds is 8. The van der Waals surface area contributed by atoms with Gasteiger partial charge in [0.05, 0.1) is 4.90 Å². The number of aryl methyl sites for hydroxylation is 2. The molecule has 0 aliphatic heterocycles. The number of thiophene rings is 1. The number of nitrogens with zero attached hydrogens (tertiary/aromatic N) is 1. The topological polar surface area (TPSA) is 82.6 Å². The van der Waals surface area contributed by atoms with Crippen molar-refractivity contribution in [3.63, 3.8) is 0 Å². The van der Waals surface area contributed by atoms with Crippen LogP contribution in [0.1, 0.15) is 22.2 Å². The van der Waals surface area contributed by atoms with E-state index in [1.165, 1.54) is 9.75 Å². The molecule has 0 aliphatic rings. The molecule has 1 aromatic heterocycles. The summed E-state index contributed by atoms with van der Waals surface area (Å²) in [5.74, 6) is 0.658. The van der Waals surface area contributed by atoms with Crippen LogP contribution in [0, 0.1) is 13.8 Å². The summed E-state index contributed by atoms with van der Waals surface area (Å²) in [6, 6.07) is 11.3. The Bertz CT molecular complexity index is 858. The van der Waals surface area contributed by atoms with E-state index in [2.05, 4.69) is 46.3 Å². The van der Waals surface area contributed by atoms with Crippen LogP contribution in [0.4, 0.5) is 0 Å². The third-order valence-corrected chi connectivity index (χ3v) is 6.45. The quantitative estimate of drug-likeness (QED) is 0.356. The number of hydrogen-bond donors (Lipinski definition) is 3. The molecule has 0 aliphatic carbocycles. The van der Waals surface area contributed by atoms with Crippen LogP contribution in [0.5, 0.6) is 0 Å². The summed E-state index contributed by atoms with van der Waals surface area (Å²) in [5, 5.41) is 6.47. The van der Waals surface area contributed by atoms with Gasteiger partial charge in [-0.2, -0.15) is 0 Å². The highest BCUT2D eigenvalue weighted by Crippen LogP contribution is 2.16. The fraction of sp³-hybridized carbons (Fsp3) is 0.421. The minimum absolute atomic E-state index is 0.221. The summed E-state index contributed by atoms with van der Waals surface area (Å²) in [4.78, 5) is 7.10. The first-order chi connectivity index (χ1) is 12.8. The molecule has 0 radical (unpaired) electrons. The number of sulfonamides is 1. The predicted molar refractivity (Wildman–Crippen MR) is 113 cm³/mol. The zero-order chi connectivity index (χ0) is 19.9. The molecule has 8 heteroatoms. The maximum absolute atomic E-state index is 12.3. The van der Waals surface area contributed by atoms with E-state index in [-0.39, 0.29) is 17.5 Å². The van der Waals surface area contributed by atoms with Crippen LogP contribution in [-0.4, -0.2) is 40.6 Å². The van der Waals surface area contributed by atoms with Gasteiger partial charge in [-0.05, 0) is 45.0 Å². The maximum atomic E-state index is 12.3. The van der Waals surface area contributed by atoms with Crippen molar-refractivity contribution in [2.24, 2.45) is 4.99 Å². The van der Waals surface area contributed by atoms with Gasteiger partial charge >= 0.3 is 0 Å². The van der Waals surface area contributed by atoms with Crippen molar-refractivity contribution >= 4 is 27.3 Å². The lowest BCUT2D eigenvalue weighted by Gasteiger charge is -2.17. The van der Waals surface area contributed by atoms with Crippen LogP contribution in [-0.2, 0) is 16.4 Å². The molecule has 3 N–H and O–H groups in total. The minimum atomic E-state index is -3.49. The molecule has 0 saturated heterocycles. The Balaban J connectivity index is 1.76. The van der Waals surface area contributed by atoms with Crippen molar-refractivity contribution in [2.75, 3.05) is 20.1 Å². The summed E-state index contributed by atoms with van der Waals surface area (Å²) in [6.07, 6.45) is 0.916. The highest BCUT2D eigenvalue weighted by molar-refractivity contribution is 7.89. The van der Waals surface area contributed by atoms with Gasteiger partial charge in [0.15, 0.2) is 5.96 Å². The highest BCUT2D eigenvalue weighted by Gasteiger charge is 2.13. The van der Waals surface area contributed by atoms with E-state index in [0.717, 1.165) is 12.0 Å². The van der Waals surface area contributed by atoms with E-state index in [1.807, 2.05) is 6.92 Å². The Kier molecular flexibility index (Phi) is 7.82. The van der Waals surface area contributed by atoms with E-state index >= 15 is 0 Å². The Hall–Kier alpha value is -1.90. The molecule has 6 nitrogen and oxygen atoms in total. The monoisotopic (exact) mass is 408 g/mol. The van der Waals surface area contributed by atoms with Crippen LogP contribution in [0.15, 0.2) is 46.3 Å². The molecule has 1 aromatic carbocycles. The lowest BCUT2D eigenvalue weighted by Crippen LogP contribution is -2.45. The summed E-state index contributed by atoms with van der Waals surface area (Å²) >= 11 is 1.80. The molecular formula is C19H28N4O2S2. The lowest BCUT2D eigenvalue weighted by molar-refractivity contribution is 0.579. The molecule has 27 heavy (non-hydrogen) atoms. The Morgan fingerprint density at radius 2 is 1.81 bits per heavy atom. The van der Waals surface area contributed by atoms with Gasteiger partial charge < -0.3 is 10.6 Å². The first kappa shape index (κ1) is 21.4. The highest BCUT2D eigenvalue weighted by atomic mass is 32.2. The maximum Gasteiger partial charge on any atom is 0.240 e. The minimum Gasteiger partial charge on any atom is -0.355 e. The molecule has 2 aromatic rings. The van der Waals surface area contributed by atoms with Gasteiger partial charge in [-0.15, -0.1) is 11.3 Å². The Morgan fingerprint density at radius 3 is 2.41 bits per heavy atom. The van der Waals surface area contributed by atoms with Crippen LogP contribution in [0.3, 0.4) is 0 Å². The number of nitrogens with one attached hydrogen (secondary N) is 3. The number of guanidine groups is 1. The summed E-state index contributed by atoms with van der Waals surface area (Å²) in [6.45, 7) is 6.84. The second-order valence-corrected chi connectivity index (χ2v) is 9.61. The van der Waals surface area contributed by atoms with Crippen molar-refractivity contribution in [3.05, 3.63) is 51.7 Å².